The summed E-state index contributed by atoms with van der Waals surface area (Å²) in [5.74, 6) is -0.0164. The van der Waals surface area contributed by atoms with Gasteiger partial charge in [-0.15, -0.1) is 0 Å². The molecule has 3 heterocycles. The topological polar surface area (TPSA) is 71.3 Å². The Bertz CT molecular complexity index is 1680. The number of aryl methyl sites for hydroxylation is 1. The molecule has 1 atom stereocenters. The van der Waals surface area contributed by atoms with Crippen LogP contribution in [0.1, 0.15) is 22.7 Å². The number of para-hydroxylation sites is 2. The lowest BCUT2D eigenvalue weighted by Crippen LogP contribution is -2.35. The van der Waals surface area contributed by atoms with Crippen LogP contribution in [-0.2, 0) is 0 Å². The Kier molecular flexibility index (Phi) is 3.85. The summed E-state index contributed by atoms with van der Waals surface area (Å²) >= 11 is 1.58. The van der Waals surface area contributed by atoms with Crippen LogP contribution in [0.2, 0.25) is 0 Å². The quantitative estimate of drug-likeness (QED) is 0.423. The Labute approximate surface area is 180 Å². The second-order valence-corrected chi connectivity index (χ2v) is 8.75. The van der Waals surface area contributed by atoms with Gasteiger partial charge in [-0.05, 0) is 42.5 Å². The summed E-state index contributed by atoms with van der Waals surface area (Å²) in [6.45, 7) is 2.04. The fraction of sp³-hybridized carbons (Fsp3) is 0.0800. The van der Waals surface area contributed by atoms with Crippen molar-refractivity contribution in [2.75, 3.05) is 0 Å². The van der Waals surface area contributed by atoms with Gasteiger partial charge in [0.25, 0.3) is 5.56 Å². The Hall–Kier alpha value is -3.77. The number of thiazole rings is 1. The number of aromatic nitrogens is 2. The second-order valence-electron chi connectivity index (χ2n) is 7.74. The fourth-order valence-corrected chi connectivity index (χ4v) is 5.33. The molecule has 5 aromatic rings. The minimum atomic E-state index is -0.385. The number of benzene rings is 3. The van der Waals surface area contributed by atoms with Crippen molar-refractivity contribution in [1.82, 2.24) is 4.98 Å². The molecule has 2 aromatic heterocycles. The van der Waals surface area contributed by atoms with Gasteiger partial charge in [0.05, 0.1) is 10.2 Å². The Balaban J connectivity index is 1.77. The number of hydrogen-bond acceptors (Lipinski definition) is 4. The molecule has 0 bridgehead atoms. The van der Waals surface area contributed by atoms with Gasteiger partial charge in [0.2, 0.25) is 6.04 Å². The van der Waals surface area contributed by atoms with Crippen molar-refractivity contribution in [2.45, 2.75) is 13.0 Å². The summed E-state index contributed by atoms with van der Waals surface area (Å²) in [5.41, 5.74) is 4.34. The third kappa shape index (κ3) is 2.65. The minimum absolute atomic E-state index is 0.0164. The maximum absolute atomic E-state index is 13.3. The molecule has 0 fully saturated rings. The normalized spacial score (nSPS) is 15.4. The average molecular weight is 425 g/mol. The van der Waals surface area contributed by atoms with Crippen molar-refractivity contribution < 1.29 is 9.35 Å². The molecular formula is C25H18N3O2S+. The third-order valence-corrected chi connectivity index (χ3v) is 6.82. The van der Waals surface area contributed by atoms with Gasteiger partial charge in [-0.3, -0.25) is 4.79 Å². The molecule has 0 spiro atoms. The first-order valence-electron chi connectivity index (χ1n) is 10.0. The number of hydrogen-bond donors (Lipinski definition) is 2. The number of aromatic hydroxyl groups is 1. The highest BCUT2D eigenvalue weighted by molar-refractivity contribution is 7.15. The number of nitrogens with one attached hydrogen (secondary N) is 1. The Morgan fingerprint density at radius 2 is 1.74 bits per heavy atom. The third-order valence-electron chi connectivity index (χ3n) is 5.78. The average Bonchev–Trinajstić information content (AvgIpc) is 3.31. The van der Waals surface area contributed by atoms with Gasteiger partial charge in [-0.2, -0.15) is 4.24 Å². The van der Waals surface area contributed by atoms with Crippen molar-refractivity contribution in [3.05, 3.63) is 110 Å². The summed E-state index contributed by atoms with van der Waals surface area (Å²) < 4.78 is 3.10. The van der Waals surface area contributed by atoms with E-state index < -0.39 is 0 Å². The Morgan fingerprint density at radius 1 is 1.00 bits per heavy atom. The van der Waals surface area contributed by atoms with Gasteiger partial charge >= 0.3 is 4.80 Å². The van der Waals surface area contributed by atoms with Gasteiger partial charge in [-0.25, -0.2) is 0 Å². The first kappa shape index (κ1) is 18.0. The van der Waals surface area contributed by atoms with Crippen molar-refractivity contribution in [3.63, 3.8) is 0 Å². The van der Waals surface area contributed by atoms with Crippen LogP contribution < -0.4 is 14.6 Å². The molecule has 1 aliphatic rings. The summed E-state index contributed by atoms with van der Waals surface area (Å²) in [4.78, 5) is 22.0. The fourth-order valence-electron chi connectivity index (χ4n) is 4.28. The van der Waals surface area contributed by atoms with E-state index in [1.54, 1.807) is 17.4 Å². The number of aromatic amines is 1. The summed E-state index contributed by atoms with van der Waals surface area (Å²) in [5, 5.41) is 11.9. The van der Waals surface area contributed by atoms with Crippen molar-refractivity contribution in [3.8, 4) is 5.75 Å². The van der Waals surface area contributed by atoms with Gasteiger partial charge in [-0.1, -0.05) is 59.1 Å². The van der Waals surface area contributed by atoms with Crippen LogP contribution in [0.25, 0.3) is 21.1 Å². The zero-order chi connectivity index (χ0) is 21.1. The largest absolute Gasteiger partial charge is 0.506 e. The molecule has 5 nitrogen and oxygen atoms in total. The van der Waals surface area contributed by atoms with E-state index in [0.717, 1.165) is 26.1 Å². The van der Waals surface area contributed by atoms with E-state index in [0.29, 0.717) is 16.6 Å². The smallest absolute Gasteiger partial charge is 0.384 e. The van der Waals surface area contributed by atoms with E-state index >= 15 is 0 Å². The van der Waals surface area contributed by atoms with Gasteiger partial charge in [0.15, 0.2) is 11.2 Å². The molecule has 1 aliphatic heterocycles. The molecule has 0 saturated heterocycles. The van der Waals surface area contributed by atoms with Crippen molar-refractivity contribution in [2.24, 2.45) is 4.99 Å². The maximum Gasteiger partial charge on any atom is 0.384 e. The number of pyridine rings is 1. The van der Waals surface area contributed by atoms with E-state index in [-0.39, 0.29) is 22.9 Å². The van der Waals surface area contributed by atoms with Gasteiger partial charge in [0, 0.05) is 10.9 Å². The SMILES string of the molecule is Cc1ccc(C2N=c3sc4ccccc4[n+]3=C2c2c(O)c3ccccc3[nH]c2=O)cc1. The highest BCUT2D eigenvalue weighted by atomic mass is 32.1. The minimum Gasteiger partial charge on any atom is -0.506 e. The molecule has 1 unspecified atom stereocenters. The summed E-state index contributed by atoms with van der Waals surface area (Å²) in [6, 6.07) is 23.1. The number of H-pyrrole nitrogens is 1. The first-order valence-corrected chi connectivity index (χ1v) is 10.9. The van der Waals surface area contributed by atoms with Crippen LogP contribution >= 0.6 is 11.3 Å². The summed E-state index contributed by atoms with van der Waals surface area (Å²) in [6.07, 6.45) is 0. The number of rotatable bonds is 2. The van der Waals surface area contributed by atoms with E-state index in [1.165, 1.54) is 0 Å². The maximum atomic E-state index is 13.3. The molecule has 6 rings (SSSR count). The van der Waals surface area contributed by atoms with Crippen LogP contribution in [-0.4, -0.2) is 10.1 Å². The molecule has 2 N–H and O–H groups in total. The predicted octanol–water partition coefficient (Wildman–Crippen LogP) is 3.85. The monoisotopic (exact) mass is 424 g/mol. The molecule has 0 amide bonds. The van der Waals surface area contributed by atoms with Crippen molar-refractivity contribution in [1.29, 1.82) is 0 Å². The van der Waals surface area contributed by atoms with Crippen LogP contribution in [0.5, 0.6) is 5.75 Å². The molecule has 0 radical (unpaired) electrons. The standard InChI is InChI=1S/C25H17N3O2S/c1-14-10-12-15(13-11-14)21-22(28-18-8-4-5-9-19(18)31-25(28)27-21)20-23(29)16-6-2-3-7-17(16)26-24(20)30/h2-13,21H,1H3,(H,26,29,30)/p+1. The zero-order valence-corrected chi connectivity index (χ0v) is 17.5. The number of nitrogens with zero attached hydrogens (tertiary/aromatic N) is 2. The summed E-state index contributed by atoms with van der Waals surface area (Å²) in [7, 11) is 0. The highest BCUT2D eigenvalue weighted by Crippen LogP contribution is 2.35. The molecule has 6 heteroatoms. The van der Waals surface area contributed by atoms with Crippen LogP contribution in [0.15, 0.2) is 82.6 Å². The predicted molar refractivity (Wildman–Crippen MR) is 121 cm³/mol. The van der Waals surface area contributed by atoms with Crippen molar-refractivity contribution >= 4 is 32.5 Å². The van der Waals surface area contributed by atoms with Gasteiger partial charge < -0.3 is 10.1 Å². The van der Waals surface area contributed by atoms with E-state index in [1.807, 2.05) is 77.9 Å². The molecule has 150 valence electrons. The highest BCUT2D eigenvalue weighted by Gasteiger charge is 2.38. The van der Waals surface area contributed by atoms with Crippen LogP contribution in [0.4, 0.5) is 0 Å². The van der Waals surface area contributed by atoms with Gasteiger partial charge in [0.1, 0.15) is 11.3 Å². The number of fused-ring (bicyclic) bond motifs is 4. The first-order chi connectivity index (χ1) is 15.1. The molecule has 31 heavy (non-hydrogen) atoms. The van der Waals surface area contributed by atoms with E-state index in [9.17, 15) is 9.90 Å². The molecule has 0 aliphatic carbocycles. The Morgan fingerprint density at radius 3 is 2.58 bits per heavy atom. The zero-order valence-electron chi connectivity index (χ0n) is 16.7. The van der Waals surface area contributed by atoms with Crippen LogP contribution in [0.3, 0.4) is 0 Å². The molecule has 0 saturated carbocycles. The lowest BCUT2D eigenvalue weighted by atomic mass is 9.95. The van der Waals surface area contributed by atoms with Crippen LogP contribution in [0, 0.1) is 12.6 Å². The molecular weight excluding hydrogens is 406 g/mol. The molecule has 3 aromatic carbocycles. The van der Waals surface area contributed by atoms with E-state index in [2.05, 4.69) is 4.98 Å². The van der Waals surface area contributed by atoms with E-state index in [4.69, 9.17) is 4.99 Å². The lowest BCUT2D eigenvalue weighted by molar-refractivity contribution is -0.498. The lowest BCUT2D eigenvalue weighted by Gasteiger charge is -2.10. The second kappa shape index (κ2) is 6.62.